The Morgan fingerprint density at radius 2 is 2.20 bits per heavy atom. The van der Waals surface area contributed by atoms with E-state index in [-0.39, 0.29) is 18.0 Å². The summed E-state index contributed by atoms with van der Waals surface area (Å²) in [6, 6.07) is 6.01. The summed E-state index contributed by atoms with van der Waals surface area (Å²) in [5.74, 6) is 1.32. The normalized spacial score (nSPS) is 19.1. The van der Waals surface area contributed by atoms with Crippen LogP contribution in [0.4, 0.5) is 0 Å². The highest BCUT2D eigenvalue weighted by molar-refractivity contribution is 5.76. The van der Waals surface area contributed by atoms with Crippen LogP contribution in [0.1, 0.15) is 56.8 Å². The molecule has 0 fully saturated rings. The molecule has 0 aliphatic carbocycles. The van der Waals surface area contributed by atoms with Gasteiger partial charge in [0.15, 0.2) is 0 Å². The van der Waals surface area contributed by atoms with Crippen molar-refractivity contribution in [2.45, 2.75) is 45.7 Å². The second kappa shape index (κ2) is 6.27. The second-order valence-corrected chi connectivity index (χ2v) is 5.94. The summed E-state index contributed by atoms with van der Waals surface area (Å²) in [5, 5.41) is 3.11. The number of rotatable bonds is 4. The number of carbonyl (C=O) groups excluding carboxylic acids is 1. The maximum absolute atomic E-state index is 12.0. The van der Waals surface area contributed by atoms with Crippen molar-refractivity contribution in [3.8, 4) is 5.75 Å². The van der Waals surface area contributed by atoms with E-state index in [4.69, 9.17) is 10.5 Å². The molecule has 0 aromatic heterocycles. The average molecular weight is 276 g/mol. The Hall–Kier alpha value is -1.55. The molecule has 1 aromatic rings. The largest absolute Gasteiger partial charge is 0.493 e. The third-order valence-electron chi connectivity index (χ3n) is 3.53. The second-order valence-electron chi connectivity index (χ2n) is 5.94. The average Bonchev–Trinajstić information content (AvgIpc) is 2.37. The lowest BCUT2D eigenvalue weighted by molar-refractivity contribution is -0.122. The number of nitrogens with two attached hydrogens (primary N) is 1. The van der Waals surface area contributed by atoms with Crippen LogP contribution >= 0.6 is 0 Å². The number of hydrogen-bond donors (Lipinski definition) is 2. The van der Waals surface area contributed by atoms with Gasteiger partial charge in [-0.3, -0.25) is 4.79 Å². The smallest absolute Gasteiger partial charge is 0.220 e. The fourth-order valence-electron chi connectivity index (χ4n) is 2.47. The number of nitrogens with one attached hydrogen (secondary N) is 1. The molecule has 0 spiro atoms. The van der Waals surface area contributed by atoms with Crippen LogP contribution in [0, 0.1) is 5.92 Å². The van der Waals surface area contributed by atoms with E-state index in [2.05, 4.69) is 11.4 Å². The highest BCUT2D eigenvalue weighted by atomic mass is 16.5. The predicted molar refractivity (Wildman–Crippen MR) is 79.5 cm³/mol. The Bertz CT molecular complexity index is 483. The Morgan fingerprint density at radius 1 is 1.45 bits per heavy atom. The molecule has 4 nitrogen and oxygen atoms in total. The van der Waals surface area contributed by atoms with E-state index in [0.717, 1.165) is 23.3 Å². The van der Waals surface area contributed by atoms with Crippen LogP contribution in [0.2, 0.25) is 0 Å². The van der Waals surface area contributed by atoms with Crippen molar-refractivity contribution in [3.05, 3.63) is 29.3 Å². The fraction of sp³-hybridized carbons (Fsp3) is 0.562. The van der Waals surface area contributed by atoms with Gasteiger partial charge in [-0.1, -0.05) is 19.9 Å². The molecule has 4 heteroatoms. The maximum atomic E-state index is 12.0. The summed E-state index contributed by atoms with van der Waals surface area (Å²) in [4.78, 5) is 12.0. The molecule has 3 N–H and O–H groups in total. The summed E-state index contributed by atoms with van der Waals surface area (Å²) in [6.07, 6.45) is 1.36. The topological polar surface area (TPSA) is 64.3 Å². The Kier molecular flexibility index (Phi) is 4.65. The highest BCUT2D eigenvalue weighted by Gasteiger charge is 2.24. The molecule has 1 aliphatic heterocycles. The van der Waals surface area contributed by atoms with Crippen molar-refractivity contribution >= 4 is 5.91 Å². The molecule has 110 valence electrons. The molecule has 2 unspecified atom stereocenters. The van der Waals surface area contributed by atoms with E-state index in [1.165, 1.54) is 0 Å². The van der Waals surface area contributed by atoms with Gasteiger partial charge in [0.25, 0.3) is 0 Å². The zero-order valence-electron chi connectivity index (χ0n) is 12.5. The minimum Gasteiger partial charge on any atom is -0.493 e. The third-order valence-corrected chi connectivity index (χ3v) is 3.53. The third kappa shape index (κ3) is 3.51. The molecule has 2 rings (SSSR count). The van der Waals surface area contributed by atoms with Crippen LogP contribution in [0.15, 0.2) is 18.2 Å². The molecule has 20 heavy (non-hydrogen) atoms. The number of hydrogen-bond acceptors (Lipinski definition) is 3. The molecular weight excluding hydrogens is 252 g/mol. The van der Waals surface area contributed by atoms with Gasteiger partial charge in [0.2, 0.25) is 5.91 Å². The van der Waals surface area contributed by atoms with Gasteiger partial charge in [-0.2, -0.15) is 0 Å². The first-order valence-electron chi connectivity index (χ1n) is 7.29. The van der Waals surface area contributed by atoms with Gasteiger partial charge in [-0.25, -0.2) is 0 Å². The molecule has 0 saturated heterocycles. The number of carbonyl (C=O) groups is 1. The first-order valence-corrected chi connectivity index (χ1v) is 7.29. The summed E-state index contributed by atoms with van der Waals surface area (Å²) in [6.45, 7) is 6.69. The van der Waals surface area contributed by atoms with Crippen molar-refractivity contribution in [1.82, 2.24) is 5.32 Å². The van der Waals surface area contributed by atoms with Crippen LogP contribution in [-0.2, 0) is 4.79 Å². The minimum atomic E-state index is -0.0192. The SMILES string of the molecule is CC(C)CC(=O)NC1CCOc2ccc(C(C)N)cc21. The van der Waals surface area contributed by atoms with Crippen LogP contribution in [0.25, 0.3) is 0 Å². The van der Waals surface area contributed by atoms with Crippen LogP contribution < -0.4 is 15.8 Å². The Labute approximate surface area is 120 Å². The quantitative estimate of drug-likeness (QED) is 0.888. The monoisotopic (exact) mass is 276 g/mol. The fourth-order valence-corrected chi connectivity index (χ4v) is 2.47. The van der Waals surface area contributed by atoms with Crippen molar-refractivity contribution in [2.24, 2.45) is 11.7 Å². The van der Waals surface area contributed by atoms with Crippen molar-refractivity contribution in [3.63, 3.8) is 0 Å². The van der Waals surface area contributed by atoms with Crippen molar-refractivity contribution in [2.75, 3.05) is 6.61 Å². The van der Waals surface area contributed by atoms with E-state index >= 15 is 0 Å². The number of fused-ring (bicyclic) bond motifs is 1. The van der Waals surface area contributed by atoms with Gasteiger partial charge < -0.3 is 15.8 Å². The number of ether oxygens (including phenoxy) is 1. The highest BCUT2D eigenvalue weighted by Crippen LogP contribution is 2.33. The molecule has 1 aromatic carbocycles. The summed E-state index contributed by atoms with van der Waals surface area (Å²) >= 11 is 0. The number of amides is 1. The molecule has 1 amide bonds. The molecular formula is C16H24N2O2. The van der Waals surface area contributed by atoms with Crippen LogP contribution in [0.5, 0.6) is 5.75 Å². The predicted octanol–water partition coefficient (Wildman–Crippen LogP) is 2.69. The minimum absolute atomic E-state index is 0.0192. The first kappa shape index (κ1) is 14.9. The van der Waals surface area contributed by atoms with Gasteiger partial charge in [0.1, 0.15) is 5.75 Å². The van der Waals surface area contributed by atoms with Gasteiger partial charge in [-0.15, -0.1) is 0 Å². The lowest BCUT2D eigenvalue weighted by atomic mass is 9.96. The van der Waals surface area contributed by atoms with Gasteiger partial charge in [-0.05, 0) is 30.5 Å². The maximum Gasteiger partial charge on any atom is 0.220 e. The molecule has 0 saturated carbocycles. The lowest BCUT2D eigenvalue weighted by Crippen LogP contribution is -2.32. The Morgan fingerprint density at radius 3 is 2.85 bits per heavy atom. The molecule has 0 bridgehead atoms. The number of benzene rings is 1. The van der Waals surface area contributed by atoms with Gasteiger partial charge >= 0.3 is 0 Å². The lowest BCUT2D eigenvalue weighted by Gasteiger charge is -2.28. The zero-order valence-corrected chi connectivity index (χ0v) is 12.5. The molecule has 2 atom stereocenters. The molecule has 1 aliphatic rings. The van der Waals surface area contributed by atoms with Crippen molar-refractivity contribution < 1.29 is 9.53 Å². The van der Waals surface area contributed by atoms with E-state index in [0.29, 0.717) is 18.9 Å². The summed E-state index contributed by atoms with van der Waals surface area (Å²) in [5.41, 5.74) is 8.04. The standard InChI is InChI=1S/C16H24N2O2/c1-10(2)8-16(19)18-14-6-7-20-15-5-4-12(11(3)17)9-13(14)15/h4-5,9-11,14H,6-8,17H2,1-3H3,(H,18,19). The zero-order chi connectivity index (χ0) is 14.7. The van der Waals surface area contributed by atoms with E-state index in [9.17, 15) is 4.79 Å². The van der Waals surface area contributed by atoms with Gasteiger partial charge in [0, 0.05) is 24.4 Å². The van der Waals surface area contributed by atoms with Gasteiger partial charge in [0.05, 0.1) is 12.6 Å². The van der Waals surface area contributed by atoms with E-state index in [1.807, 2.05) is 32.9 Å². The summed E-state index contributed by atoms with van der Waals surface area (Å²) in [7, 11) is 0. The Balaban J connectivity index is 2.18. The molecule has 0 radical (unpaired) electrons. The first-order chi connectivity index (χ1) is 9.47. The molecule has 1 heterocycles. The van der Waals surface area contributed by atoms with Crippen LogP contribution in [-0.4, -0.2) is 12.5 Å². The van der Waals surface area contributed by atoms with E-state index in [1.54, 1.807) is 0 Å². The van der Waals surface area contributed by atoms with E-state index < -0.39 is 0 Å². The summed E-state index contributed by atoms with van der Waals surface area (Å²) < 4.78 is 5.66. The van der Waals surface area contributed by atoms with Crippen LogP contribution in [0.3, 0.4) is 0 Å². The van der Waals surface area contributed by atoms with Crippen molar-refractivity contribution in [1.29, 1.82) is 0 Å².